The second-order valence-corrected chi connectivity index (χ2v) is 10.2. The molecule has 0 aliphatic heterocycles. The topological polar surface area (TPSA) is 111 Å². The minimum atomic E-state index is -1.03. The van der Waals surface area contributed by atoms with E-state index in [0.717, 1.165) is 28.1 Å². The van der Waals surface area contributed by atoms with Crippen molar-refractivity contribution < 1.29 is 19.5 Å². The lowest BCUT2D eigenvalue weighted by Crippen LogP contribution is -2.45. The Balaban J connectivity index is 1.53. The van der Waals surface area contributed by atoms with Crippen molar-refractivity contribution >= 4 is 40.4 Å². The van der Waals surface area contributed by atoms with Crippen LogP contribution in [0.3, 0.4) is 0 Å². The van der Waals surface area contributed by atoms with Gasteiger partial charge in [0.15, 0.2) is 0 Å². The summed E-state index contributed by atoms with van der Waals surface area (Å²) < 4.78 is 0. The van der Waals surface area contributed by atoms with Gasteiger partial charge >= 0.3 is 5.97 Å². The number of benzene rings is 3. The van der Waals surface area contributed by atoms with Crippen LogP contribution >= 0.6 is 0 Å². The maximum absolute atomic E-state index is 13.4. The largest absolute Gasteiger partial charge is 0.478 e. The molecule has 1 aromatic heterocycles. The number of anilines is 1. The Bertz CT molecular complexity index is 1480. The molecule has 38 heavy (non-hydrogen) atoms. The van der Waals surface area contributed by atoms with E-state index in [0.29, 0.717) is 23.4 Å². The van der Waals surface area contributed by atoms with Crippen molar-refractivity contribution in [2.75, 3.05) is 5.32 Å². The van der Waals surface area contributed by atoms with Crippen molar-refractivity contribution in [1.82, 2.24) is 10.3 Å². The van der Waals surface area contributed by atoms with Gasteiger partial charge in [0.25, 0.3) is 5.91 Å². The number of amides is 2. The molecule has 4 aromatic rings. The average molecular weight is 510 g/mol. The fourth-order valence-corrected chi connectivity index (χ4v) is 4.14. The van der Waals surface area contributed by atoms with Crippen LogP contribution in [0.15, 0.2) is 84.9 Å². The zero-order valence-corrected chi connectivity index (χ0v) is 21.6. The molecule has 1 heterocycles. The summed E-state index contributed by atoms with van der Waals surface area (Å²) in [4.78, 5) is 40.4. The van der Waals surface area contributed by atoms with Gasteiger partial charge in [0, 0.05) is 40.3 Å². The monoisotopic (exact) mass is 509 g/mol. The molecule has 0 aliphatic carbocycles. The second kappa shape index (κ2) is 11.2. The van der Waals surface area contributed by atoms with E-state index < -0.39 is 12.0 Å². The van der Waals surface area contributed by atoms with E-state index in [-0.39, 0.29) is 17.2 Å². The molecule has 0 radical (unpaired) electrons. The summed E-state index contributed by atoms with van der Waals surface area (Å²) in [6.07, 6.45) is 2.86. The number of H-pyrrole nitrogens is 1. The van der Waals surface area contributed by atoms with E-state index in [1.54, 1.807) is 30.3 Å². The molecule has 0 spiro atoms. The van der Waals surface area contributed by atoms with Gasteiger partial charge in [0.2, 0.25) is 5.91 Å². The third-order valence-corrected chi connectivity index (χ3v) is 6.23. The zero-order chi connectivity index (χ0) is 27.3. The van der Waals surface area contributed by atoms with Crippen molar-refractivity contribution in [3.63, 3.8) is 0 Å². The summed E-state index contributed by atoms with van der Waals surface area (Å²) in [5.41, 5.74) is 4.51. The highest BCUT2D eigenvalue weighted by molar-refractivity contribution is 6.02. The number of hydrogen-bond acceptors (Lipinski definition) is 3. The van der Waals surface area contributed by atoms with Gasteiger partial charge in [-0.2, -0.15) is 0 Å². The lowest BCUT2D eigenvalue weighted by molar-refractivity contribution is -0.131. The number of carbonyl (C=O) groups is 3. The van der Waals surface area contributed by atoms with Crippen molar-refractivity contribution in [3.8, 4) is 0 Å². The molecular formula is C31H31N3O4. The number of carbonyl (C=O) groups excluding carboxylic acids is 2. The Morgan fingerprint density at radius 3 is 2.32 bits per heavy atom. The van der Waals surface area contributed by atoms with E-state index in [4.69, 9.17) is 5.11 Å². The molecule has 2 amide bonds. The second-order valence-electron chi connectivity index (χ2n) is 10.2. The number of nitrogens with one attached hydrogen (secondary N) is 3. The van der Waals surface area contributed by atoms with Crippen LogP contribution in [-0.4, -0.2) is 33.9 Å². The van der Waals surface area contributed by atoms with Crippen LogP contribution < -0.4 is 10.6 Å². The number of fused-ring (bicyclic) bond motifs is 1. The highest BCUT2D eigenvalue weighted by atomic mass is 16.4. The lowest BCUT2D eigenvalue weighted by atomic mass is 9.86. The molecule has 0 saturated heterocycles. The molecule has 0 saturated carbocycles. The molecule has 1 unspecified atom stereocenters. The quantitative estimate of drug-likeness (QED) is 0.234. The van der Waals surface area contributed by atoms with Gasteiger partial charge in [-0.1, -0.05) is 63.2 Å². The maximum Gasteiger partial charge on any atom is 0.328 e. The highest BCUT2D eigenvalue weighted by Crippen LogP contribution is 2.23. The molecule has 4 N–H and O–H groups in total. The Morgan fingerprint density at radius 2 is 1.66 bits per heavy atom. The van der Waals surface area contributed by atoms with Gasteiger partial charge in [0.1, 0.15) is 6.04 Å². The minimum absolute atomic E-state index is 0.0292. The predicted octanol–water partition coefficient (Wildman–Crippen LogP) is 5.54. The summed E-state index contributed by atoms with van der Waals surface area (Å²) in [6, 6.07) is 23.3. The van der Waals surface area contributed by atoms with Gasteiger partial charge in [-0.25, -0.2) is 4.79 Å². The van der Waals surface area contributed by atoms with Gasteiger partial charge in [0.05, 0.1) is 0 Å². The molecule has 7 nitrogen and oxygen atoms in total. The van der Waals surface area contributed by atoms with Crippen molar-refractivity contribution in [2.45, 2.75) is 38.6 Å². The molecule has 3 aromatic carbocycles. The van der Waals surface area contributed by atoms with E-state index in [9.17, 15) is 14.4 Å². The highest BCUT2D eigenvalue weighted by Gasteiger charge is 2.23. The molecule has 0 aliphatic rings. The molecular weight excluding hydrogens is 478 g/mol. The van der Waals surface area contributed by atoms with Crippen LogP contribution in [0.1, 0.15) is 48.0 Å². The van der Waals surface area contributed by atoms with Gasteiger partial charge in [-0.15, -0.1) is 0 Å². The van der Waals surface area contributed by atoms with E-state index in [1.807, 2.05) is 48.5 Å². The Labute approximate surface area is 221 Å². The molecule has 7 heteroatoms. The average Bonchev–Trinajstić information content (AvgIpc) is 3.29. The van der Waals surface area contributed by atoms with Crippen LogP contribution in [0.25, 0.3) is 17.0 Å². The smallest absolute Gasteiger partial charge is 0.328 e. The Hall–Kier alpha value is -4.65. The van der Waals surface area contributed by atoms with E-state index >= 15 is 0 Å². The first-order valence-electron chi connectivity index (χ1n) is 12.4. The van der Waals surface area contributed by atoms with Crippen molar-refractivity contribution in [1.29, 1.82) is 0 Å². The normalized spacial score (nSPS) is 12.4. The van der Waals surface area contributed by atoms with Crippen LogP contribution in [0, 0.1) is 0 Å². The van der Waals surface area contributed by atoms with Gasteiger partial charge < -0.3 is 20.7 Å². The Morgan fingerprint density at radius 1 is 0.947 bits per heavy atom. The zero-order valence-electron chi connectivity index (χ0n) is 21.6. The summed E-state index contributed by atoms with van der Waals surface area (Å²) in [7, 11) is 0. The predicted molar refractivity (Wildman–Crippen MR) is 150 cm³/mol. The van der Waals surface area contributed by atoms with Crippen LogP contribution in [0.5, 0.6) is 0 Å². The maximum atomic E-state index is 13.4. The van der Waals surface area contributed by atoms with Gasteiger partial charge in [-0.3, -0.25) is 9.59 Å². The first kappa shape index (κ1) is 26.4. The van der Waals surface area contributed by atoms with Crippen LogP contribution in [0.2, 0.25) is 0 Å². The van der Waals surface area contributed by atoms with Crippen molar-refractivity contribution in [2.24, 2.45) is 0 Å². The number of carboxylic acid groups (broad SMARTS) is 1. The number of aliphatic carboxylic acids is 1. The van der Waals surface area contributed by atoms with Crippen LogP contribution in [-0.2, 0) is 21.4 Å². The standard InChI is InChI=1S/C31H31N3O4/c1-31(2,3)23-11-9-21(10-12-23)29(37)34-27(17-20-7-5-4-6-8-20)30(38)33-25-13-15-26-22(19-25)18-24(32-26)14-16-28(35)36/h4-16,18-19,27,32H,17H2,1-3H3,(H,33,38)(H,34,37)(H,35,36)/b16-14+. The SMILES string of the molecule is CC(C)(C)c1ccc(C(=O)NC(Cc2ccccc2)C(=O)Nc2ccc3[nH]c(/C=C/C(=O)O)cc3c2)cc1. The fourth-order valence-electron chi connectivity index (χ4n) is 4.14. The summed E-state index contributed by atoms with van der Waals surface area (Å²) >= 11 is 0. The summed E-state index contributed by atoms with van der Waals surface area (Å²) in [6.45, 7) is 6.34. The molecule has 1 atom stereocenters. The van der Waals surface area contributed by atoms with E-state index in [2.05, 4.69) is 36.4 Å². The first-order chi connectivity index (χ1) is 18.1. The first-order valence-corrected chi connectivity index (χ1v) is 12.4. The number of hydrogen-bond donors (Lipinski definition) is 4. The molecule has 4 rings (SSSR count). The number of rotatable bonds is 8. The molecule has 0 fully saturated rings. The van der Waals surface area contributed by atoms with Crippen molar-refractivity contribution in [3.05, 3.63) is 107 Å². The Kier molecular flexibility index (Phi) is 7.76. The molecule has 194 valence electrons. The van der Waals surface area contributed by atoms with E-state index in [1.165, 1.54) is 6.08 Å². The lowest BCUT2D eigenvalue weighted by Gasteiger charge is -2.21. The summed E-state index contributed by atoms with van der Waals surface area (Å²) in [5, 5.41) is 15.5. The minimum Gasteiger partial charge on any atom is -0.478 e. The number of aromatic nitrogens is 1. The molecule has 0 bridgehead atoms. The number of carboxylic acids is 1. The van der Waals surface area contributed by atoms with Crippen LogP contribution in [0.4, 0.5) is 5.69 Å². The fraction of sp³-hybridized carbons (Fsp3) is 0.194. The van der Waals surface area contributed by atoms with Gasteiger partial charge in [-0.05, 0) is 59.0 Å². The third-order valence-electron chi connectivity index (χ3n) is 6.23. The summed E-state index contributed by atoms with van der Waals surface area (Å²) in [5.74, 6) is -1.69. The third kappa shape index (κ3) is 6.76. The number of aromatic amines is 1.